The maximum absolute atomic E-state index is 13.5. The summed E-state index contributed by atoms with van der Waals surface area (Å²) in [5.74, 6) is 1.83. The van der Waals surface area contributed by atoms with E-state index in [9.17, 15) is 14.4 Å². The van der Waals surface area contributed by atoms with E-state index in [2.05, 4.69) is 10.6 Å². The minimum absolute atomic E-state index is 0.0262. The standard InChI is InChI=1S/C24H38N4O6/c1-3-4-20-21(19(29)14-34-20)26-22(30)18(13-17-11-15-9-16(10-15)12-17)25-23(27-24(31)32-2)28-5-7-33-8-6-28/h15-18,20-21H,3-14H2,1-2H3,(H,26,30)(H,25,27,31). The zero-order valence-electron chi connectivity index (χ0n) is 20.3. The molecular formula is C24H38N4O6. The van der Waals surface area contributed by atoms with Crippen LogP contribution in [-0.4, -0.2) is 86.9 Å². The first kappa shape index (κ1) is 24.9. The molecule has 5 rings (SSSR count). The molecule has 0 radical (unpaired) electrons. The van der Waals surface area contributed by atoms with Gasteiger partial charge in [0.1, 0.15) is 18.7 Å². The van der Waals surface area contributed by atoms with E-state index in [-0.39, 0.29) is 24.4 Å². The van der Waals surface area contributed by atoms with E-state index in [0.717, 1.165) is 31.1 Å². The minimum Gasteiger partial charge on any atom is -0.453 e. The molecule has 5 fully saturated rings. The maximum atomic E-state index is 13.5. The quantitative estimate of drug-likeness (QED) is 0.420. The molecule has 10 nitrogen and oxygen atoms in total. The number of carbonyl (C=O) groups excluding carboxylic acids is 3. The lowest BCUT2D eigenvalue weighted by atomic mass is 9.60. The molecule has 3 aliphatic carbocycles. The van der Waals surface area contributed by atoms with Gasteiger partial charge in [-0.05, 0) is 56.3 Å². The number of hydrogen-bond acceptors (Lipinski definition) is 7. The highest BCUT2D eigenvalue weighted by Crippen LogP contribution is 2.49. The fourth-order valence-electron chi connectivity index (χ4n) is 5.82. The van der Waals surface area contributed by atoms with E-state index in [4.69, 9.17) is 19.2 Å². The largest absolute Gasteiger partial charge is 0.453 e. The van der Waals surface area contributed by atoms with Gasteiger partial charge in [0.25, 0.3) is 0 Å². The topological polar surface area (TPSA) is 119 Å². The second-order valence-electron chi connectivity index (χ2n) is 10.1. The van der Waals surface area contributed by atoms with Gasteiger partial charge in [-0.3, -0.25) is 14.9 Å². The number of morpholine rings is 1. The highest BCUT2D eigenvalue weighted by molar-refractivity contribution is 5.97. The average molecular weight is 479 g/mol. The van der Waals surface area contributed by atoms with Crippen molar-refractivity contribution in [3.05, 3.63) is 0 Å². The van der Waals surface area contributed by atoms with Crippen molar-refractivity contribution in [3.63, 3.8) is 0 Å². The van der Waals surface area contributed by atoms with Crippen LogP contribution < -0.4 is 10.6 Å². The molecule has 2 heterocycles. The summed E-state index contributed by atoms with van der Waals surface area (Å²) < 4.78 is 15.8. The molecular weight excluding hydrogens is 440 g/mol. The van der Waals surface area contributed by atoms with E-state index in [1.54, 1.807) is 0 Å². The predicted octanol–water partition coefficient (Wildman–Crippen LogP) is 1.48. The number of ketones is 1. The number of amides is 2. The molecule has 0 aromatic rings. The number of aliphatic imine (C=N–C) groups is 1. The lowest BCUT2D eigenvalue weighted by Crippen LogP contribution is -2.52. The van der Waals surface area contributed by atoms with Gasteiger partial charge in [-0.15, -0.1) is 0 Å². The molecule has 2 bridgehead atoms. The van der Waals surface area contributed by atoms with Crippen molar-refractivity contribution in [2.75, 3.05) is 40.0 Å². The molecule has 10 heteroatoms. The van der Waals surface area contributed by atoms with Gasteiger partial charge >= 0.3 is 6.09 Å². The molecule has 34 heavy (non-hydrogen) atoms. The second kappa shape index (κ2) is 11.5. The number of methoxy groups -OCH3 is 1. The van der Waals surface area contributed by atoms with Crippen molar-refractivity contribution >= 4 is 23.7 Å². The number of Topliss-reactive ketones (excluding diaryl/α,β-unsaturated/α-hetero) is 1. The zero-order chi connectivity index (χ0) is 24.1. The number of fused-ring (bicyclic) bond motifs is 2. The van der Waals surface area contributed by atoms with Crippen LogP contribution in [0.3, 0.4) is 0 Å². The first-order chi connectivity index (χ1) is 16.5. The van der Waals surface area contributed by atoms with Crippen molar-refractivity contribution in [2.45, 2.75) is 70.1 Å². The van der Waals surface area contributed by atoms with Gasteiger partial charge in [-0.2, -0.15) is 0 Å². The normalized spacial score (nSPS) is 32.1. The Bertz CT molecular complexity index is 767. The third kappa shape index (κ3) is 6.07. The number of rotatable bonds is 7. The van der Waals surface area contributed by atoms with Crippen LogP contribution in [-0.2, 0) is 23.8 Å². The van der Waals surface area contributed by atoms with Gasteiger partial charge in [0.15, 0.2) is 5.78 Å². The molecule has 2 amide bonds. The fraction of sp³-hybridized carbons (Fsp3) is 0.833. The lowest BCUT2D eigenvalue weighted by Gasteiger charge is -2.45. The van der Waals surface area contributed by atoms with Crippen LogP contribution >= 0.6 is 0 Å². The summed E-state index contributed by atoms with van der Waals surface area (Å²) in [5, 5.41) is 5.64. The van der Waals surface area contributed by atoms with Crippen molar-refractivity contribution in [2.24, 2.45) is 22.7 Å². The Labute approximate surface area is 201 Å². The molecule has 3 atom stereocenters. The number of alkyl carbamates (subject to hydrolysis) is 1. The number of nitrogens with one attached hydrogen (secondary N) is 2. The first-order valence-electron chi connectivity index (χ1n) is 12.7. The molecule has 0 aromatic carbocycles. The van der Waals surface area contributed by atoms with E-state index >= 15 is 0 Å². The van der Waals surface area contributed by atoms with Gasteiger partial charge < -0.3 is 24.4 Å². The van der Waals surface area contributed by atoms with Crippen LogP contribution in [0.2, 0.25) is 0 Å². The molecule has 190 valence electrons. The number of carbonyl (C=O) groups is 3. The SMILES string of the molecule is CCCC1OCC(=O)C1NC(=O)C(CC1CC2CC(C2)C1)N=C(NC(=O)OC)N1CCOCC1. The summed E-state index contributed by atoms with van der Waals surface area (Å²) >= 11 is 0. The summed E-state index contributed by atoms with van der Waals surface area (Å²) in [6.45, 7) is 4.18. The Morgan fingerprint density at radius 2 is 1.88 bits per heavy atom. The van der Waals surface area contributed by atoms with Crippen LogP contribution in [0.15, 0.2) is 4.99 Å². The number of hydrogen-bond donors (Lipinski definition) is 2. The molecule has 2 saturated heterocycles. The van der Waals surface area contributed by atoms with Crippen LogP contribution in [0.5, 0.6) is 0 Å². The van der Waals surface area contributed by atoms with Crippen molar-refractivity contribution in [1.82, 2.24) is 15.5 Å². The smallest absolute Gasteiger partial charge is 0.413 e. The van der Waals surface area contributed by atoms with Gasteiger partial charge in [0, 0.05) is 13.1 Å². The van der Waals surface area contributed by atoms with Crippen molar-refractivity contribution < 1.29 is 28.6 Å². The minimum atomic E-state index is -0.715. The van der Waals surface area contributed by atoms with Gasteiger partial charge in [0.05, 0.1) is 26.4 Å². The number of nitrogens with zero attached hydrogens (tertiary/aromatic N) is 2. The van der Waals surface area contributed by atoms with E-state index < -0.39 is 18.2 Å². The third-order valence-electron chi connectivity index (χ3n) is 7.54. The van der Waals surface area contributed by atoms with Crippen molar-refractivity contribution in [3.8, 4) is 0 Å². The molecule has 2 N–H and O–H groups in total. The number of guanidine groups is 1. The Hall–Kier alpha value is -2.20. The maximum Gasteiger partial charge on any atom is 0.413 e. The molecule has 5 aliphatic rings. The predicted molar refractivity (Wildman–Crippen MR) is 124 cm³/mol. The van der Waals surface area contributed by atoms with Crippen LogP contribution in [0.25, 0.3) is 0 Å². The number of ether oxygens (including phenoxy) is 3. The molecule has 0 aromatic heterocycles. The van der Waals surface area contributed by atoms with Gasteiger partial charge in [-0.1, -0.05) is 13.3 Å². The lowest BCUT2D eigenvalue weighted by molar-refractivity contribution is -0.127. The van der Waals surface area contributed by atoms with E-state index in [1.807, 2.05) is 11.8 Å². The van der Waals surface area contributed by atoms with Crippen molar-refractivity contribution in [1.29, 1.82) is 0 Å². The second-order valence-corrected chi connectivity index (χ2v) is 10.1. The first-order valence-corrected chi connectivity index (χ1v) is 12.7. The van der Waals surface area contributed by atoms with E-state index in [0.29, 0.717) is 51.0 Å². The summed E-state index contributed by atoms with van der Waals surface area (Å²) in [6.07, 6.45) is 6.04. The van der Waals surface area contributed by atoms with Gasteiger partial charge in [-0.25, -0.2) is 9.79 Å². The molecule has 0 spiro atoms. The van der Waals surface area contributed by atoms with E-state index in [1.165, 1.54) is 20.0 Å². The molecule has 2 aliphatic heterocycles. The zero-order valence-corrected chi connectivity index (χ0v) is 20.3. The Balaban J connectivity index is 1.54. The Morgan fingerprint density at radius 3 is 2.53 bits per heavy atom. The summed E-state index contributed by atoms with van der Waals surface area (Å²) in [7, 11) is 1.30. The summed E-state index contributed by atoms with van der Waals surface area (Å²) in [6, 6.07) is -1.36. The Morgan fingerprint density at radius 1 is 1.18 bits per heavy atom. The van der Waals surface area contributed by atoms with Crippen LogP contribution in [0.4, 0.5) is 4.79 Å². The fourth-order valence-corrected chi connectivity index (χ4v) is 5.82. The van der Waals surface area contributed by atoms with Crippen LogP contribution in [0, 0.1) is 17.8 Å². The molecule has 3 unspecified atom stereocenters. The monoisotopic (exact) mass is 478 g/mol. The highest BCUT2D eigenvalue weighted by Gasteiger charge is 2.41. The van der Waals surface area contributed by atoms with Crippen LogP contribution in [0.1, 0.15) is 51.9 Å². The molecule has 3 saturated carbocycles. The Kier molecular flexibility index (Phi) is 8.41. The van der Waals surface area contributed by atoms with Gasteiger partial charge in [0.2, 0.25) is 11.9 Å². The highest BCUT2D eigenvalue weighted by atomic mass is 16.5. The average Bonchev–Trinajstić information content (AvgIpc) is 3.17. The third-order valence-corrected chi connectivity index (χ3v) is 7.54. The summed E-state index contributed by atoms with van der Waals surface area (Å²) in [4.78, 5) is 44.7. The summed E-state index contributed by atoms with van der Waals surface area (Å²) in [5.41, 5.74) is 0.